The van der Waals surface area contributed by atoms with E-state index in [0.717, 1.165) is 0 Å². The molecule has 0 amide bonds. The second-order valence-corrected chi connectivity index (χ2v) is 12.6. The third kappa shape index (κ3) is 4.25. The summed E-state index contributed by atoms with van der Waals surface area (Å²) in [5.41, 5.74) is 0.357. The number of ether oxygens (including phenoxy) is 1. The highest BCUT2D eigenvalue weighted by molar-refractivity contribution is 6.72. The van der Waals surface area contributed by atoms with Gasteiger partial charge in [0.15, 0.2) is 8.32 Å². The van der Waals surface area contributed by atoms with E-state index in [2.05, 4.69) is 4.98 Å². The Morgan fingerprint density at radius 1 is 1.48 bits per heavy atom. The van der Waals surface area contributed by atoms with Crippen LogP contribution >= 0.6 is 0 Å². The van der Waals surface area contributed by atoms with E-state index < -0.39 is 25.4 Å². The Morgan fingerprint density at radius 3 is 2.64 bits per heavy atom. The van der Waals surface area contributed by atoms with Crippen LogP contribution in [-0.4, -0.2) is 40.3 Å². The first-order valence-electron chi connectivity index (χ1n) is 8.58. The molecule has 0 unspecified atom stereocenters. The van der Waals surface area contributed by atoms with Crippen molar-refractivity contribution in [1.82, 2.24) is 4.98 Å². The summed E-state index contributed by atoms with van der Waals surface area (Å²) < 4.78 is 6.05. The third-order valence-corrected chi connectivity index (χ3v) is 9.23. The fraction of sp³-hybridized carbons (Fsp3) is 0.706. The van der Waals surface area contributed by atoms with Gasteiger partial charge in [-0.2, -0.15) is 0 Å². The van der Waals surface area contributed by atoms with Crippen molar-refractivity contribution in [2.24, 2.45) is 5.92 Å². The molecule has 0 radical (unpaired) electrons. The van der Waals surface area contributed by atoms with E-state index in [1.54, 1.807) is 6.07 Å². The maximum atomic E-state index is 11.2. The van der Waals surface area contributed by atoms with Gasteiger partial charge in [-0.05, 0) is 37.5 Å². The average molecular weight is 369 g/mol. The van der Waals surface area contributed by atoms with Gasteiger partial charge in [0.05, 0.1) is 28.8 Å². The molecule has 0 aromatic carbocycles. The Morgan fingerprint density at radius 2 is 2.12 bits per heavy atom. The maximum Gasteiger partial charge on any atom is 0.293 e. The highest BCUT2D eigenvalue weighted by Gasteiger charge is 2.45. The van der Waals surface area contributed by atoms with Crippen LogP contribution < -0.4 is 0 Å². The number of nitrogens with zero attached hydrogens (tertiary/aromatic N) is 2. The minimum atomic E-state index is -2.40. The van der Waals surface area contributed by atoms with Crippen molar-refractivity contribution in [2.75, 3.05) is 0 Å². The van der Waals surface area contributed by atoms with Crippen molar-refractivity contribution in [3.63, 3.8) is 0 Å². The first-order chi connectivity index (χ1) is 11.4. The number of aliphatic hydroxyl groups is 1. The molecule has 2 rings (SSSR count). The molecule has 1 aromatic heterocycles. The molecule has 1 aliphatic heterocycles. The lowest BCUT2D eigenvalue weighted by atomic mass is 9.81. The summed E-state index contributed by atoms with van der Waals surface area (Å²) in [7, 11) is -2.40. The fourth-order valence-corrected chi connectivity index (χ4v) is 4.02. The minimum absolute atomic E-state index is 0.0884. The molecule has 1 fully saturated rings. The first-order valence-corrected chi connectivity index (χ1v) is 11.5. The second-order valence-electron chi connectivity index (χ2n) is 8.14. The van der Waals surface area contributed by atoms with Crippen LogP contribution in [0.1, 0.15) is 45.3 Å². The highest BCUT2D eigenvalue weighted by Crippen LogP contribution is 2.47. The molecule has 0 spiro atoms. The van der Waals surface area contributed by atoms with Gasteiger partial charge in [0.2, 0.25) is 0 Å². The molecule has 2 N–H and O–H groups in total. The van der Waals surface area contributed by atoms with Gasteiger partial charge in [-0.1, -0.05) is 13.8 Å². The zero-order chi connectivity index (χ0) is 19.0. The molecule has 140 valence electrons. The molecule has 4 atom stereocenters. The molecule has 0 aliphatic carbocycles. The van der Waals surface area contributed by atoms with Crippen molar-refractivity contribution in [2.45, 2.75) is 70.1 Å². The van der Waals surface area contributed by atoms with Crippen molar-refractivity contribution < 1.29 is 19.6 Å². The predicted octanol–water partition coefficient (Wildman–Crippen LogP) is 3.18. The Hall–Kier alpha value is -1.35. The fourth-order valence-electron chi connectivity index (χ4n) is 3.29. The molecule has 25 heavy (non-hydrogen) atoms. The molecule has 1 saturated heterocycles. The molecule has 0 bridgehead atoms. The Balaban J connectivity index is 2.19. The highest BCUT2D eigenvalue weighted by atomic mass is 28.4. The summed E-state index contributed by atoms with van der Waals surface area (Å²) in [5.74, 6) is -0.119. The van der Waals surface area contributed by atoms with Crippen molar-refractivity contribution in [3.8, 4) is 0 Å². The topological polar surface area (TPSA) is 106 Å². The number of hydrogen-bond acceptors (Lipinski definition) is 6. The first kappa shape index (κ1) is 20.0. The average Bonchev–Trinajstić information content (AvgIpc) is 2.49. The summed E-state index contributed by atoms with van der Waals surface area (Å²) in [6, 6.07) is 1.58. The molecular formula is C17H28N2O5Si. The monoisotopic (exact) mass is 368 g/mol. The molecular weight excluding hydrogens is 340 g/mol. The van der Waals surface area contributed by atoms with Gasteiger partial charge in [-0.15, -0.1) is 0 Å². The van der Waals surface area contributed by atoms with Crippen LogP contribution in [0.2, 0.25) is 18.1 Å². The van der Waals surface area contributed by atoms with Crippen LogP contribution in [0, 0.1) is 16.0 Å². The molecule has 1 aliphatic rings. The van der Waals surface area contributed by atoms with E-state index in [1.807, 2.05) is 33.9 Å². The zero-order valence-electron chi connectivity index (χ0n) is 15.5. The van der Waals surface area contributed by atoms with Gasteiger partial charge in [0, 0.05) is 18.5 Å². The molecule has 7 nitrogen and oxygen atoms in total. The van der Waals surface area contributed by atoms with Crippen LogP contribution in [0.3, 0.4) is 0 Å². The summed E-state index contributed by atoms with van der Waals surface area (Å²) in [5, 5.41) is 21.6. The van der Waals surface area contributed by atoms with Gasteiger partial charge in [0.1, 0.15) is 6.20 Å². The van der Waals surface area contributed by atoms with E-state index in [4.69, 9.17) is 4.74 Å². The number of pyridine rings is 1. The summed E-state index contributed by atoms with van der Waals surface area (Å²) in [4.78, 5) is 25.1. The number of aromatic nitrogens is 1. The smallest absolute Gasteiger partial charge is 0.293 e. The predicted molar refractivity (Wildman–Crippen MR) is 96.7 cm³/mol. The van der Waals surface area contributed by atoms with Crippen LogP contribution in [0.5, 0.6) is 0 Å². The van der Waals surface area contributed by atoms with Crippen molar-refractivity contribution >= 4 is 14.0 Å². The third-order valence-electron chi connectivity index (χ3n) is 5.71. The van der Waals surface area contributed by atoms with Gasteiger partial charge in [-0.3, -0.25) is 15.1 Å². The minimum Gasteiger partial charge on any atom is -0.432 e. The van der Waals surface area contributed by atoms with E-state index in [0.29, 0.717) is 18.4 Å². The summed E-state index contributed by atoms with van der Waals surface area (Å²) >= 11 is 0. The van der Waals surface area contributed by atoms with Crippen molar-refractivity contribution in [1.29, 1.82) is 0 Å². The van der Waals surface area contributed by atoms with Gasteiger partial charge >= 0.3 is 0 Å². The number of hydrogen-bond donors (Lipinski definition) is 2. The van der Waals surface area contributed by atoms with E-state index >= 15 is 0 Å². The summed E-state index contributed by atoms with van der Waals surface area (Å²) in [6.45, 7) is 9.74. The quantitative estimate of drug-likeness (QED) is 0.470. The van der Waals surface area contributed by atoms with Gasteiger partial charge in [-0.25, -0.2) is 0 Å². The Labute approximate surface area is 149 Å². The van der Waals surface area contributed by atoms with E-state index in [1.165, 1.54) is 12.4 Å². The standard InChI is InChI=1S/C17H28N2O5Si/c1-11-13(9-17(2,3)25(4,5)23)15(20)8-16(24-11)12-6-7-18-10-14(12)19(21)22/h6-7,10-11,13,15-16,20,23H,8-9H2,1-5H3/t11-,13-,15-,16-/m1/s1. The van der Waals surface area contributed by atoms with Crippen LogP contribution in [0.4, 0.5) is 5.69 Å². The molecule has 2 heterocycles. The lowest BCUT2D eigenvalue weighted by Crippen LogP contribution is -2.46. The van der Waals surface area contributed by atoms with Crippen LogP contribution in [-0.2, 0) is 4.74 Å². The molecule has 8 heteroatoms. The molecule has 1 aromatic rings. The van der Waals surface area contributed by atoms with Crippen LogP contribution in [0.25, 0.3) is 0 Å². The molecule has 0 saturated carbocycles. The Bertz CT molecular complexity index is 620. The SMILES string of the molecule is C[C@H]1O[C@@H](c2ccncc2[N+](=O)[O-])C[C@@H](O)[C@@H]1CC(C)(C)[Si](C)(C)O. The second kappa shape index (κ2) is 7.11. The van der Waals surface area contributed by atoms with Gasteiger partial charge in [0.25, 0.3) is 5.69 Å². The maximum absolute atomic E-state index is 11.2. The van der Waals surface area contributed by atoms with E-state index in [9.17, 15) is 20.0 Å². The number of aliphatic hydroxyl groups excluding tert-OH is 1. The Kier molecular flexibility index (Phi) is 5.67. The van der Waals surface area contributed by atoms with Gasteiger partial charge < -0.3 is 14.6 Å². The lowest BCUT2D eigenvalue weighted by Gasteiger charge is -2.44. The van der Waals surface area contributed by atoms with E-state index in [-0.39, 0.29) is 22.7 Å². The number of rotatable bonds is 5. The summed E-state index contributed by atoms with van der Waals surface area (Å²) in [6.07, 6.45) is 2.21. The zero-order valence-corrected chi connectivity index (χ0v) is 16.5. The normalized spacial score (nSPS) is 28.0. The van der Waals surface area contributed by atoms with Crippen molar-refractivity contribution in [3.05, 3.63) is 34.1 Å². The lowest BCUT2D eigenvalue weighted by molar-refractivity contribution is -0.386. The number of nitro groups is 1. The largest absolute Gasteiger partial charge is 0.432 e. The van der Waals surface area contributed by atoms with Crippen LogP contribution in [0.15, 0.2) is 18.5 Å².